The third kappa shape index (κ3) is 8.18. The average Bonchev–Trinajstić information content (AvgIpc) is 2.72. The van der Waals surface area contributed by atoms with Gasteiger partial charge in [0, 0.05) is 5.56 Å². The molecule has 0 spiro atoms. The van der Waals surface area contributed by atoms with Crippen molar-refractivity contribution in [2.75, 3.05) is 13.2 Å². The summed E-state index contributed by atoms with van der Waals surface area (Å²) < 4.78 is 10.9. The number of hydrogen-bond acceptors (Lipinski definition) is 5. The van der Waals surface area contributed by atoms with Crippen molar-refractivity contribution in [3.8, 4) is 11.5 Å². The second kappa shape index (κ2) is 11.7. The van der Waals surface area contributed by atoms with Crippen molar-refractivity contribution in [3.05, 3.63) is 59.7 Å². The van der Waals surface area contributed by atoms with Crippen LogP contribution in [-0.2, 0) is 4.79 Å². The number of carbonyl (C=O) groups is 2. The number of amides is 2. The molecule has 0 aromatic heterocycles. The van der Waals surface area contributed by atoms with Crippen LogP contribution in [0.3, 0.4) is 0 Å². The normalized spacial score (nSPS) is 10.0. The van der Waals surface area contributed by atoms with Crippen LogP contribution in [-0.4, -0.2) is 30.1 Å². The van der Waals surface area contributed by atoms with Crippen LogP contribution >= 0.6 is 12.2 Å². The first-order valence-corrected chi connectivity index (χ1v) is 9.71. The standard InChI is InChI=1S/C21H25N3O4S/c1-3-4-13-27-17-11-7-16(8-12-17)20(26)22-21(29)24-23-19(25)14-28-18-9-5-15(2)6-10-18/h5-12H,3-4,13-14H2,1-2H3,(H,23,25)(H2,22,24,26,29). The molecule has 0 saturated carbocycles. The summed E-state index contributed by atoms with van der Waals surface area (Å²) in [5.74, 6) is 0.462. The molecule has 0 heterocycles. The van der Waals surface area contributed by atoms with E-state index in [0.29, 0.717) is 23.7 Å². The predicted molar refractivity (Wildman–Crippen MR) is 115 cm³/mol. The maximum Gasteiger partial charge on any atom is 0.276 e. The van der Waals surface area contributed by atoms with E-state index in [1.165, 1.54) is 0 Å². The molecule has 0 unspecified atom stereocenters. The van der Waals surface area contributed by atoms with Crippen molar-refractivity contribution in [2.24, 2.45) is 0 Å². The highest BCUT2D eigenvalue weighted by atomic mass is 32.1. The Balaban J connectivity index is 1.70. The second-order valence-corrected chi connectivity index (χ2v) is 6.69. The SMILES string of the molecule is CCCCOc1ccc(C(=O)NC(=S)NNC(=O)COc2ccc(C)cc2)cc1. The molecule has 2 rings (SSSR count). The van der Waals surface area contributed by atoms with Crippen LogP contribution in [0.5, 0.6) is 11.5 Å². The summed E-state index contributed by atoms with van der Waals surface area (Å²) in [7, 11) is 0. The maximum atomic E-state index is 12.2. The predicted octanol–water partition coefficient (Wildman–Crippen LogP) is 2.89. The Labute approximate surface area is 175 Å². The van der Waals surface area contributed by atoms with E-state index in [4.69, 9.17) is 21.7 Å². The van der Waals surface area contributed by atoms with Gasteiger partial charge in [-0.3, -0.25) is 25.8 Å². The van der Waals surface area contributed by atoms with E-state index in [-0.39, 0.29) is 11.7 Å². The molecule has 2 aromatic rings. The zero-order chi connectivity index (χ0) is 21.1. The minimum absolute atomic E-state index is 0.0260. The van der Waals surface area contributed by atoms with Crippen molar-refractivity contribution in [3.63, 3.8) is 0 Å². The molecule has 0 aliphatic rings. The van der Waals surface area contributed by atoms with E-state index in [2.05, 4.69) is 23.1 Å². The van der Waals surface area contributed by atoms with Gasteiger partial charge in [-0.2, -0.15) is 0 Å². The van der Waals surface area contributed by atoms with Crippen LogP contribution in [0.1, 0.15) is 35.7 Å². The molecular formula is C21H25N3O4S. The maximum absolute atomic E-state index is 12.2. The van der Waals surface area contributed by atoms with Gasteiger partial charge in [0.1, 0.15) is 11.5 Å². The van der Waals surface area contributed by atoms with Gasteiger partial charge in [-0.05, 0) is 62.0 Å². The molecule has 0 aliphatic heterocycles. The van der Waals surface area contributed by atoms with Crippen LogP contribution in [0.4, 0.5) is 0 Å². The first kappa shape index (κ1) is 22.2. The Kier molecular flexibility index (Phi) is 8.91. The summed E-state index contributed by atoms with van der Waals surface area (Å²) in [5, 5.41) is 2.46. The van der Waals surface area contributed by atoms with Crippen LogP contribution in [0.25, 0.3) is 0 Å². The molecule has 0 aliphatic carbocycles. The van der Waals surface area contributed by atoms with Crippen molar-refractivity contribution >= 4 is 29.1 Å². The average molecular weight is 416 g/mol. The zero-order valence-electron chi connectivity index (χ0n) is 16.5. The Morgan fingerprint density at radius 3 is 2.21 bits per heavy atom. The van der Waals surface area contributed by atoms with Crippen molar-refractivity contribution in [1.29, 1.82) is 0 Å². The molecule has 2 aromatic carbocycles. The summed E-state index contributed by atoms with van der Waals surface area (Å²) in [4.78, 5) is 24.0. The quantitative estimate of drug-likeness (QED) is 0.349. The molecular weight excluding hydrogens is 390 g/mol. The van der Waals surface area contributed by atoms with Gasteiger partial charge in [0.15, 0.2) is 11.7 Å². The molecule has 29 heavy (non-hydrogen) atoms. The molecule has 8 heteroatoms. The van der Waals surface area contributed by atoms with E-state index in [9.17, 15) is 9.59 Å². The molecule has 7 nitrogen and oxygen atoms in total. The molecule has 154 valence electrons. The summed E-state index contributed by atoms with van der Waals surface area (Å²) in [6.45, 7) is 4.51. The number of unbranched alkanes of at least 4 members (excludes halogenated alkanes) is 1. The van der Waals surface area contributed by atoms with Crippen LogP contribution in [0.2, 0.25) is 0 Å². The lowest BCUT2D eigenvalue weighted by Crippen LogP contribution is -2.49. The molecule has 3 N–H and O–H groups in total. The summed E-state index contributed by atoms with van der Waals surface area (Å²) in [6, 6.07) is 14.1. The van der Waals surface area contributed by atoms with Gasteiger partial charge in [-0.1, -0.05) is 31.0 Å². The van der Waals surface area contributed by atoms with Gasteiger partial charge in [-0.15, -0.1) is 0 Å². The zero-order valence-corrected chi connectivity index (χ0v) is 17.3. The lowest BCUT2D eigenvalue weighted by Gasteiger charge is -2.12. The number of rotatable bonds is 8. The Hall–Kier alpha value is -3.13. The molecule has 0 saturated heterocycles. The number of thiocarbonyl (C=S) groups is 1. The summed E-state index contributed by atoms with van der Waals surface area (Å²) >= 11 is 5.01. The molecule has 0 radical (unpaired) electrons. The van der Waals surface area contributed by atoms with Gasteiger partial charge < -0.3 is 9.47 Å². The van der Waals surface area contributed by atoms with Crippen LogP contribution in [0.15, 0.2) is 48.5 Å². The lowest BCUT2D eigenvalue weighted by molar-refractivity contribution is -0.123. The van der Waals surface area contributed by atoms with Crippen LogP contribution in [0, 0.1) is 6.92 Å². The number of aryl methyl sites for hydroxylation is 1. The van der Waals surface area contributed by atoms with Gasteiger partial charge in [0.2, 0.25) is 0 Å². The van der Waals surface area contributed by atoms with E-state index >= 15 is 0 Å². The van der Waals surface area contributed by atoms with Gasteiger partial charge in [0.05, 0.1) is 6.61 Å². The van der Waals surface area contributed by atoms with E-state index in [1.807, 2.05) is 19.1 Å². The van der Waals surface area contributed by atoms with Gasteiger partial charge in [0.25, 0.3) is 11.8 Å². The number of ether oxygens (including phenoxy) is 2. The highest BCUT2D eigenvalue weighted by Crippen LogP contribution is 2.13. The Morgan fingerprint density at radius 2 is 1.55 bits per heavy atom. The largest absolute Gasteiger partial charge is 0.494 e. The number of carbonyl (C=O) groups excluding carboxylic acids is 2. The summed E-state index contributed by atoms with van der Waals surface area (Å²) in [5.41, 5.74) is 6.36. The first-order valence-electron chi connectivity index (χ1n) is 9.30. The third-order valence-electron chi connectivity index (χ3n) is 3.82. The fourth-order valence-corrected chi connectivity index (χ4v) is 2.33. The smallest absolute Gasteiger partial charge is 0.276 e. The van der Waals surface area contributed by atoms with Crippen molar-refractivity contribution < 1.29 is 19.1 Å². The van der Waals surface area contributed by atoms with Gasteiger partial charge >= 0.3 is 0 Å². The third-order valence-corrected chi connectivity index (χ3v) is 4.02. The second-order valence-electron chi connectivity index (χ2n) is 6.28. The highest BCUT2D eigenvalue weighted by molar-refractivity contribution is 7.80. The van der Waals surface area contributed by atoms with Gasteiger partial charge in [-0.25, -0.2) is 0 Å². The first-order chi connectivity index (χ1) is 14.0. The van der Waals surface area contributed by atoms with Crippen LogP contribution < -0.4 is 25.6 Å². The number of hydrazine groups is 1. The number of hydrogen-bond donors (Lipinski definition) is 3. The highest BCUT2D eigenvalue weighted by Gasteiger charge is 2.09. The topological polar surface area (TPSA) is 88.7 Å². The van der Waals surface area contributed by atoms with E-state index in [1.54, 1.807) is 36.4 Å². The molecule has 0 fully saturated rings. The fourth-order valence-electron chi connectivity index (χ4n) is 2.19. The Morgan fingerprint density at radius 1 is 0.931 bits per heavy atom. The fraction of sp³-hybridized carbons (Fsp3) is 0.286. The van der Waals surface area contributed by atoms with Crippen molar-refractivity contribution in [1.82, 2.24) is 16.2 Å². The van der Waals surface area contributed by atoms with E-state index < -0.39 is 11.8 Å². The minimum Gasteiger partial charge on any atom is -0.494 e. The monoisotopic (exact) mass is 415 g/mol. The lowest BCUT2D eigenvalue weighted by atomic mass is 10.2. The minimum atomic E-state index is -0.434. The number of nitrogens with one attached hydrogen (secondary N) is 3. The molecule has 2 amide bonds. The summed E-state index contributed by atoms with van der Waals surface area (Å²) in [6.07, 6.45) is 2.03. The number of benzene rings is 2. The Bertz CT molecular complexity index is 823. The molecule has 0 atom stereocenters. The van der Waals surface area contributed by atoms with Crippen molar-refractivity contribution in [2.45, 2.75) is 26.7 Å². The van der Waals surface area contributed by atoms with E-state index in [0.717, 1.165) is 18.4 Å². The molecule has 0 bridgehead atoms.